The van der Waals surface area contributed by atoms with Crippen LogP contribution in [0.3, 0.4) is 0 Å². The van der Waals surface area contributed by atoms with Gasteiger partial charge in [-0.25, -0.2) is 4.79 Å². The van der Waals surface area contributed by atoms with Gasteiger partial charge in [0.1, 0.15) is 0 Å². The highest BCUT2D eigenvalue weighted by atomic mass is 16.2. The summed E-state index contributed by atoms with van der Waals surface area (Å²) in [5, 5.41) is 5.51. The lowest BCUT2D eigenvalue weighted by Crippen LogP contribution is -2.34. The van der Waals surface area contributed by atoms with Crippen molar-refractivity contribution in [1.29, 1.82) is 0 Å². The number of carbonyl (C=O) groups excluding carboxylic acids is 2. The molecule has 2 N–H and O–H groups in total. The van der Waals surface area contributed by atoms with Gasteiger partial charge in [0.2, 0.25) is 0 Å². The van der Waals surface area contributed by atoms with E-state index in [1.165, 1.54) is 0 Å². The largest absolute Gasteiger partial charge is 0.338 e. The maximum Gasteiger partial charge on any atom is 0.319 e. The molecule has 5 nitrogen and oxygen atoms in total. The molecule has 5 heteroatoms. The molecule has 0 aliphatic carbocycles. The highest BCUT2D eigenvalue weighted by Gasteiger charge is 2.25. The SMILES string of the molecule is CCC1CCN(C(=O)c2ccc(NC(=O)NC(C)C)cc2)C1. The van der Waals surface area contributed by atoms with E-state index in [1.807, 2.05) is 18.7 Å². The second kappa shape index (κ2) is 7.29. The van der Waals surface area contributed by atoms with E-state index in [0.717, 1.165) is 25.9 Å². The number of carbonyl (C=O) groups is 2. The number of hydrogen-bond acceptors (Lipinski definition) is 2. The van der Waals surface area contributed by atoms with Gasteiger partial charge in [-0.3, -0.25) is 4.79 Å². The smallest absolute Gasteiger partial charge is 0.319 e. The van der Waals surface area contributed by atoms with Gasteiger partial charge in [-0.1, -0.05) is 13.3 Å². The molecular weight excluding hydrogens is 278 g/mol. The Morgan fingerprint density at radius 3 is 2.50 bits per heavy atom. The lowest BCUT2D eigenvalue weighted by molar-refractivity contribution is 0.0787. The molecule has 0 bridgehead atoms. The number of hydrogen-bond donors (Lipinski definition) is 2. The van der Waals surface area contributed by atoms with E-state index >= 15 is 0 Å². The van der Waals surface area contributed by atoms with Gasteiger partial charge in [0.25, 0.3) is 5.91 Å². The fraction of sp³-hybridized carbons (Fsp3) is 0.529. The summed E-state index contributed by atoms with van der Waals surface area (Å²) in [5.74, 6) is 0.707. The monoisotopic (exact) mass is 303 g/mol. The van der Waals surface area contributed by atoms with E-state index in [4.69, 9.17) is 0 Å². The Hall–Kier alpha value is -2.04. The molecule has 1 unspecified atom stereocenters. The molecule has 1 heterocycles. The van der Waals surface area contributed by atoms with Crippen molar-refractivity contribution in [3.05, 3.63) is 29.8 Å². The first-order valence-corrected chi connectivity index (χ1v) is 7.96. The van der Waals surface area contributed by atoms with Crippen molar-refractivity contribution in [2.75, 3.05) is 18.4 Å². The highest BCUT2D eigenvalue weighted by molar-refractivity contribution is 5.95. The van der Waals surface area contributed by atoms with Crippen LogP contribution in [0.25, 0.3) is 0 Å². The fourth-order valence-corrected chi connectivity index (χ4v) is 2.66. The van der Waals surface area contributed by atoms with E-state index in [-0.39, 0.29) is 18.0 Å². The molecule has 2 rings (SSSR count). The molecule has 22 heavy (non-hydrogen) atoms. The first-order valence-electron chi connectivity index (χ1n) is 7.96. The molecule has 1 aliphatic heterocycles. The number of nitrogens with one attached hydrogen (secondary N) is 2. The average Bonchev–Trinajstić information content (AvgIpc) is 2.95. The van der Waals surface area contributed by atoms with Crippen LogP contribution >= 0.6 is 0 Å². The average molecular weight is 303 g/mol. The Morgan fingerprint density at radius 1 is 1.27 bits per heavy atom. The molecule has 120 valence electrons. The topological polar surface area (TPSA) is 61.4 Å². The molecule has 0 radical (unpaired) electrons. The van der Waals surface area contributed by atoms with Gasteiger partial charge in [0, 0.05) is 30.4 Å². The maximum atomic E-state index is 12.4. The van der Waals surface area contributed by atoms with Crippen molar-refractivity contribution in [2.45, 2.75) is 39.7 Å². The predicted octanol–water partition coefficient (Wildman–Crippen LogP) is 3.09. The molecule has 1 aromatic carbocycles. The third-order valence-corrected chi connectivity index (χ3v) is 3.96. The molecule has 1 saturated heterocycles. The van der Waals surface area contributed by atoms with Crippen LogP contribution < -0.4 is 10.6 Å². The van der Waals surface area contributed by atoms with E-state index in [0.29, 0.717) is 17.2 Å². The zero-order valence-corrected chi connectivity index (χ0v) is 13.6. The zero-order valence-electron chi connectivity index (χ0n) is 13.6. The zero-order chi connectivity index (χ0) is 16.1. The minimum absolute atomic E-state index is 0.0779. The third kappa shape index (κ3) is 4.23. The Kier molecular flexibility index (Phi) is 5.41. The number of likely N-dealkylation sites (tertiary alicyclic amines) is 1. The normalized spacial score (nSPS) is 17.6. The molecule has 1 aliphatic rings. The van der Waals surface area contributed by atoms with Crippen molar-refractivity contribution in [1.82, 2.24) is 10.2 Å². The summed E-state index contributed by atoms with van der Waals surface area (Å²) in [6.45, 7) is 7.67. The number of benzene rings is 1. The number of amides is 3. The molecular formula is C17H25N3O2. The van der Waals surface area contributed by atoms with Gasteiger partial charge in [-0.2, -0.15) is 0 Å². The predicted molar refractivity (Wildman–Crippen MR) is 88.0 cm³/mol. The summed E-state index contributed by atoms with van der Waals surface area (Å²) in [5.41, 5.74) is 1.36. The van der Waals surface area contributed by atoms with Crippen LogP contribution in [-0.4, -0.2) is 36.0 Å². The Labute approximate surface area is 132 Å². The second-order valence-corrected chi connectivity index (χ2v) is 6.14. The van der Waals surface area contributed by atoms with Crippen LogP contribution in [0, 0.1) is 5.92 Å². The molecule has 1 fully saturated rings. The minimum atomic E-state index is -0.237. The Bertz CT molecular complexity index is 525. The summed E-state index contributed by atoms with van der Waals surface area (Å²) in [6.07, 6.45) is 2.22. The van der Waals surface area contributed by atoms with Crippen molar-refractivity contribution in [2.24, 2.45) is 5.92 Å². The van der Waals surface area contributed by atoms with Gasteiger partial charge in [0.05, 0.1) is 0 Å². The summed E-state index contributed by atoms with van der Waals surface area (Å²) in [6, 6.07) is 6.92. The summed E-state index contributed by atoms with van der Waals surface area (Å²) >= 11 is 0. The van der Waals surface area contributed by atoms with Crippen LogP contribution in [-0.2, 0) is 0 Å². The van der Waals surface area contributed by atoms with E-state index in [1.54, 1.807) is 24.3 Å². The summed E-state index contributed by atoms with van der Waals surface area (Å²) < 4.78 is 0. The summed E-state index contributed by atoms with van der Waals surface area (Å²) in [4.78, 5) is 26.0. The van der Waals surface area contributed by atoms with Crippen LogP contribution in [0.5, 0.6) is 0 Å². The Morgan fingerprint density at radius 2 is 1.95 bits per heavy atom. The number of urea groups is 1. The standard InChI is InChI=1S/C17H25N3O2/c1-4-13-9-10-20(11-13)16(21)14-5-7-15(8-6-14)19-17(22)18-12(2)3/h5-8,12-13H,4,9-11H2,1-3H3,(H2,18,19,22). The van der Waals surface area contributed by atoms with Gasteiger partial charge in [-0.05, 0) is 50.5 Å². The molecule has 0 aromatic heterocycles. The maximum absolute atomic E-state index is 12.4. The quantitative estimate of drug-likeness (QED) is 0.898. The van der Waals surface area contributed by atoms with Crippen LogP contribution in [0.15, 0.2) is 24.3 Å². The number of nitrogens with zero attached hydrogens (tertiary/aromatic N) is 1. The van der Waals surface area contributed by atoms with Crippen molar-refractivity contribution in [3.63, 3.8) is 0 Å². The van der Waals surface area contributed by atoms with E-state index < -0.39 is 0 Å². The summed E-state index contributed by atoms with van der Waals surface area (Å²) in [7, 11) is 0. The van der Waals surface area contributed by atoms with Crippen molar-refractivity contribution >= 4 is 17.6 Å². The third-order valence-electron chi connectivity index (χ3n) is 3.96. The number of rotatable bonds is 4. The van der Waals surface area contributed by atoms with Gasteiger partial charge < -0.3 is 15.5 Å². The van der Waals surface area contributed by atoms with Crippen LogP contribution in [0.1, 0.15) is 44.0 Å². The Balaban J connectivity index is 1.94. The van der Waals surface area contributed by atoms with E-state index in [9.17, 15) is 9.59 Å². The van der Waals surface area contributed by atoms with Crippen LogP contribution in [0.2, 0.25) is 0 Å². The minimum Gasteiger partial charge on any atom is -0.338 e. The number of anilines is 1. The van der Waals surface area contributed by atoms with Gasteiger partial charge in [-0.15, -0.1) is 0 Å². The molecule has 3 amide bonds. The van der Waals surface area contributed by atoms with Crippen LogP contribution in [0.4, 0.5) is 10.5 Å². The van der Waals surface area contributed by atoms with Crippen molar-refractivity contribution in [3.8, 4) is 0 Å². The lowest BCUT2D eigenvalue weighted by atomic mass is 10.1. The highest BCUT2D eigenvalue weighted by Crippen LogP contribution is 2.21. The van der Waals surface area contributed by atoms with Gasteiger partial charge in [0.15, 0.2) is 0 Å². The van der Waals surface area contributed by atoms with Crippen molar-refractivity contribution < 1.29 is 9.59 Å². The second-order valence-electron chi connectivity index (χ2n) is 6.14. The molecule has 0 spiro atoms. The molecule has 1 aromatic rings. The molecule has 0 saturated carbocycles. The first-order chi connectivity index (χ1) is 10.5. The van der Waals surface area contributed by atoms with Gasteiger partial charge >= 0.3 is 6.03 Å². The van der Waals surface area contributed by atoms with E-state index in [2.05, 4.69) is 17.6 Å². The molecule has 1 atom stereocenters. The fourth-order valence-electron chi connectivity index (χ4n) is 2.66. The first kappa shape index (κ1) is 16.3. The lowest BCUT2D eigenvalue weighted by Gasteiger charge is -2.16.